The highest BCUT2D eigenvalue weighted by atomic mass is 32.1. The number of nitrogens with zero attached hydrogens (tertiary/aromatic N) is 1. The van der Waals surface area contributed by atoms with E-state index in [1.54, 1.807) is 11.3 Å². The lowest BCUT2D eigenvalue weighted by molar-refractivity contribution is -0.121. The highest BCUT2D eigenvalue weighted by Crippen LogP contribution is 2.22. The van der Waals surface area contributed by atoms with Gasteiger partial charge in [-0.3, -0.25) is 4.79 Å². The molecule has 0 radical (unpaired) electrons. The SMILES string of the molecule is O=C(CC1C=CCC1)NCCc1nc2ccccc2s1. The van der Waals surface area contributed by atoms with Gasteiger partial charge in [0.05, 0.1) is 15.2 Å². The second-order valence-electron chi connectivity index (χ2n) is 5.14. The number of aromatic nitrogens is 1. The van der Waals surface area contributed by atoms with Crippen molar-refractivity contribution >= 4 is 27.5 Å². The van der Waals surface area contributed by atoms with Gasteiger partial charge in [0.1, 0.15) is 0 Å². The lowest BCUT2D eigenvalue weighted by Gasteiger charge is -2.07. The number of hydrogen-bond donors (Lipinski definition) is 1. The number of rotatable bonds is 5. The van der Waals surface area contributed by atoms with E-state index >= 15 is 0 Å². The molecule has 1 atom stereocenters. The molecule has 0 spiro atoms. The van der Waals surface area contributed by atoms with Gasteiger partial charge in [-0.15, -0.1) is 11.3 Å². The van der Waals surface area contributed by atoms with Crippen LogP contribution in [0.5, 0.6) is 0 Å². The molecule has 2 aromatic rings. The van der Waals surface area contributed by atoms with Gasteiger partial charge in [0, 0.05) is 19.4 Å². The van der Waals surface area contributed by atoms with Gasteiger partial charge in [-0.05, 0) is 30.9 Å². The van der Waals surface area contributed by atoms with E-state index in [4.69, 9.17) is 0 Å². The van der Waals surface area contributed by atoms with E-state index in [2.05, 4.69) is 28.5 Å². The lowest BCUT2D eigenvalue weighted by atomic mass is 10.1. The van der Waals surface area contributed by atoms with Gasteiger partial charge in [0.25, 0.3) is 0 Å². The number of hydrogen-bond acceptors (Lipinski definition) is 3. The Kier molecular flexibility index (Phi) is 4.11. The van der Waals surface area contributed by atoms with Crippen LogP contribution in [0.15, 0.2) is 36.4 Å². The van der Waals surface area contributed by atoms with Gasteiger partial charge in [-0.1, -0.05) is 24.3 Å². The van der Waals surface area contributed by atoms with Crippen molar-refractivity contribution < 1.29 is 4.79 Å². The zero-order valence-corrected chi connectivity index (χ0v) is 12.2. The first-order chi connectivity index (χ1) is 9.81. The second-order valence-corrected chi connectivity index (χ2v) is 6.26. The maximum Gasteiger partial charge on any atom is 0.220 e. The highest BCUT2D eigenvalue weighted by Gasteiger charge is 2.13. The predicted octanol–water partition coefficient (Wildman–Crippen LogP) is 3.31. The topological polar surface area (TPSA) is 42.0 Å². The van der Waals surface area contributed by atoms with Crippen LogP contribution in [0.2, 0.25) is 0 Å². The second kappa shape index (κ2) is 6.18. The normalized spacial score (nSPS) is 17.7. The minimum absolute atomic E-state index is 0.155. The molecule has 104 valence electrons. The summed E-state index contributed by atoms with van der Waals surface area (Å²) in [6, 6.07) is 8.14. The van der Waals surface area contributed by atoms with Gasteiger partial charge < -0.3 is 5.32 Å². The third kappa shape index (κ3) is 3.25. The molecule has 3 rings (SSSR count). The number of benzene rings is 1. The number of amides is 1. The Labute approximate surface area is 122 Å². The van der Waals surface area contributed by atoms with Crippen molar-refractivity contribution in [3.63, 3.8) is 0 Å². The molecule has 1 heterocycles. The quantitative estimate of drug-likeness (QED) is 0.857. The van der Waals surface area contributed by atoms with Crippen molar-refractivity contribution in [1.82, 2.24) is 10.3 Å². The van der Waals surface area contributed by atoms with E-state index in [0.717, 1.165) is 29.8 Å². The van der Waals surface area contributed by atoms with Crippen LogP contribution in [0.25, 0.3) is 10.2 Å². The molecule has 4 heteroatoms. The molecule has 0 saturated carbocycles. The summed E-state index contributed by atoms with van der Waals surface area (Å²) in [5, 5.41) is 4.09. The summed E-state index contributed by atoms with van der Waals surface area (Å²) in [4.78, 5) is 16.4. The molecule has 0 saturated heterocycles. The molecule has 1 unspecified atom stereocenters. The van der Waals surface area contributed by atoms with Crippen LogP contribution in [-0.4, -0.2) is 17.4 Å². The fourth-order valence-electron chi connectivity index (χ4n) is 2.51. The molecular weight excluding hydrogens is 268 g/mol. The Balaban J connectivity index is 1.47. The van der Waals surface area contributed by atoms with Crippen LogP contribution in [0.4, 0.5) is 0 Å². The molecule has 1 amide bonds. The molecule has 1 aliphatic carbocycles. The zero-order chi connectivity index (χ0) is 13.8. The Bertz CT molecular complexity index is 599. The fraction of sp³-hybridized carbons (Fsp3) is 0.375. The van der Waals surface area contributed by atoms with Crippen LogP contribution in [-0.2, 0) is 11.2 Å². The molecule has 0 aliphatic heterocycles. The zero-order valence-electron chi connectivity index (χ0n) is 11.3. The van der Waals surface area contributed by atoms with Gasteiger partial charge in [0.15, 0.2) is 0 Å². The minimum Gasteiger partial charge on any atom is -0.356 e. The van der Waals surface area contributed by atoms with E-state index in [0.29, 0.717) is 18.9 Å². The van der Waals surface area contributed by atoms with Crippen LogP contribution in [0.3, 0.4) is 0 Å². The number of allylic oxidation sites excluding steroid dienone is 2. The van der Waals surface area contributed by atoms with E-state index in [1.807, 2.05) is 18.2 Å². The van der Waals surface area contributed by atoms with Crippen LogP contribution >= 0.6 is 11.3 Å². The average molecular weight is 286 g/mol. The maximum atomic E-state index is 11.8. The number of nitrogens with one attached hydrogen (secondary N) is 1. The Hall–Kier alpha value is -1.68. The number of carbonyl (C=O) groups is 1. The number of carbonyl (C=O) groups excluding carboxylic acids is 1. The molecule has 1 aliphatic rings. The van der Waals surface area contributed by atoms with Crippen molar-refractivity contribution in [2.45, 2.75) is 25.7 Å². The molecule has 1 N–H and O–H groups in total. The third-order valence-corrected chi connectivity index (χ3v) is 4.66. The smallest absolute Gasteiger partial charge is 0.220 e. The molecule has 1 aromatic carbocycles. The first kappa shape index (κ1) is 13.3. The summed E-state index contributed by atoms with van der Waals surface area (Å²) in [6.07, 6.45) is 7.99. The maximum absolute atomic E-state index is 11.8. The predicted molar refractivity (Wildman–Crippen MR) is 82.8 cm³/mol. The Morgan fingerprint density at radius 2 is 2.30 bits per heavy atom. The van der Waals surface area contributed by atoms with Crippen LogP contribution in [0.1, 0.15) is 24.3 Å². The van der Waals surface area contributed by atoms with Crippen LogP contribution < -0.4 is 5.32 Å². The van der Waals surface area contributed by atoms with Gasteiger partial charge in [0.2, 0.25) is 5.91 Å². The molecule has 0 fully saturated rings. The Morgan fingerprint density at radius 3 is 3.10 bits per heavy atom. The molecule has 20 heavy (non-hydrogen) atoms. The van der Waals surface area contributed by atoms with Crippen molar-refractivity contribution in [2.75, 3.05) is 6.54 Å². The summed E-state index contributed by atoms with van der Waals surface area (Å²) < 4.78 is 1.21. The first-order valence-corrected chi connectivity index (χ1v) is 7.91. The van der Waals surface area contributed by atoms with Crippen LogP contribution in [0, 0.1) is 5.92 Å². The largest absolute Gasteiger partial charge is 0.356 e. The summed E-state index contributed by atoms with van der Waals surface area (Å²) in [6.45, 7) is 0.676. The first-order valence-electron chi connectivity index (χ1n) is 7.09. The average Bonchev–Trinajstić information content (AvgIpc) is 3.07. The fourth-order valence-corrected chi connectivity index (χ4v) is 3.48. The minimum atomic E-state index is 0.155. The van der Waals surface area contributed by atoms with Gasteiger partial charge >= 0.3 is 0 Å². The number of thiazole rings is 1. The summed E-state index contributed by atoms with van der Waals surface area (Å²) in [5.41, 5.74) is 1.05. The number of fused-ring (bicyclic) bond motifs is 1. The monoisotopic (exact) mass is 286 g/mol. The van der Waals surface area contributed by atoms with E-state index in [-0.39, 0.29) is 5.91 Å². The summed E-state index contributed by atoms with van der Waals surface area (Å²) in [5.74, 6) is 0.597. The van der Waals surface area contributed by atoms with E-state index in [1.165, 1.54) is 4.70 Å². The molecular formula is C16H18N2OS. The molecule has 1 aromatic heterocycles. The standard InChI is InChI=1S/C16H18N2OS/c19-15(11-12-5-1-2-6-12)17-10-9-16-18-13-7-3-4-8-14(13)20-16/h1,3-5,7-8,12H,2,6,9-11H2,(H,17,19). The van der Waals surface area contributed by atoms with Crippen molar-refractivity contribution in [3.8, 4) is 0 Å². The van der Waals surface area contributed by atoms with E-state index in [9.17, 15) is 4.79 Å². The number of para-hydroxylation sites is 1. The molecule has 3 nitrogen and oxygen atoms in total. The highest BCUT2D eigenvalue weighted by molar-refractivity contribution is 7.18. The summed E-state index contributed by atoms with van der Waals surface area (Å²) >= 11 is 1.71. The summed E-state index contributed by atoms with van der Waals surface area (Å²) in [7, 11) is 0. The van der Waals surface area contributed by atoms with E-state index < -0.39 is 0 Å². The third-order valence-electron chi connectivity index (χ3n) is 3.56. The van der Waals surface area contributed by atoms with Gasteiger partial charge in [-0.25, -0.2) is 4.98 Å². The van der Waals surface area contributed by atoms with Crippen molar-refractivity contribution in [1.29, 1.82) is 0 Å². The molecule has 0 bridgehead atoms. The lowest BCUT2D eigenvalue weighted by Crippen LogP contribution is -2.26. The van der Waals surface area contributed by atoms with Crippen molar-refractivity contribution in [2.24, 2.45) is 5.92 Å². The van der Waals surface area contributed by atoms with Gasteiger partial charge in [-0.2, -0.15) is 0 Å². The van der Waals surface area contributed by atoms with Crippen molar-refractivity contribution in [3.05, 3.63) is 41.4 Å². The Morgan fingerprint density at radius 1 is 1.40 bits per heavy atom.